The van der Waals surface area contributed by atoms with Crippen LogP contribution in [0.25, 0.3) is 0 Å². The lowest BCUT2D eigenvalue weighted by atomic mass is 10.2. The van der Waals surface area contributed by atoms with E-state index in [-0.39, 0.29) is 0 Å². The molecule has 2 bridgehead atoms. The van der Waals surface area contributed by atoms with Crippen molar-refractivity contribution in [3.63, 3.8) is 0 Å². The van der Waals surface area contributed by atoms with E-state index in [9.17, 15) is 0 Å². The highest BCUT2D eigenvalue weighted by molar-refractivity contribution is 4.87. The van der Waals surface area contributed by atoms with Crippen LogP contribution in [0.3, 0.4) is 0 Å². The second kappa shape index (κ2) is 4.13. The smallest absolute Gasteiger partial charge is 0.0707 e. The summed E-state index contributed by atoms with van der Waals surface area (Å²) < 4.78 is 5.75. The Balaban J connectivity index is 1.73. The van der Waals surface area contributed by atoms with Gasteiger partial charge in [-0.05, 0) is 25.8 Å². The molecule has 2 atom stereocenters. The quantitative estimate of drug-likeness (QED) is 0.478. The van der Waals surface area contributed by atoms with Crippen LogP contribution in [0.15, 0.2) is 0 Å². The Hall–Kier alpha value is -0.520. The highest BCUT2D eigenvalue weighted by Crippen LogP contribution is 2.26. The zero-order chi connectivity index (χ0) is 9.10. The summed E-state index contributed by atoms with van der Waals surface area (Å²) in [6, 6.07) is 0. The van der Waals surface area contributed by atoms with Crippen LogP contribution in [0.2, 0.25) is 0 Å². The van der Waals surface area contributed by atoms with Gasteiger partial charge in [0.25, 0.3) is 0 Å². The van der Waals surface area contributed by atoms with Crippen molar-refractivity contribution in [1.29, 1.82) is 0 Å². The van der Waals surface area contributed by atoms with E-state index in [1.807, 2.05) is 0 Å². The molecule has 0 amide bonds. The SMILES string of the molecule is C#CCCCN1CC2CCC(C1)O2. The number of hydrogen-bond acceptors (Lipinski definition) is 2. The molecule has 0 saturated carbocycles. The second-order valence-corrected chi connectivity index (χ2v) is 4.02. The van der Waals surface area contributed by atoms with Gasteiger partial charge in [0.05, 0.1) is 12.2 Å². The standard InChI is InChI=1S/C11H17NO/c1-2-3-4-7-12-8-10-5-6-11(9-12)13-10/h1,10-11H,3-9H2. The predicted molar refractivity (Wildman–Crippen MR) is 52.4 cm³/mol. The molecular formula is C11H17NO. The third kappa shape index (κ3) is 2.24. The molecule has 0 aromatic carbocycles. The Bertz CT molecular complexity index is 197. The monoisotopic (exact) mass is 179 g/mol. The number of likely N-dealkylation sites (tertiary alicyclic amines) is 1. The fraction of sp³-hybridized carbons (Fsp3) is 0.818. The molecule has 13 heavy (non-hydrogen) atoms. The van der Waals surface area contributed by atoms with E-state index in [1.165, 1.54) is 12.8 Å². The van der Waals surface area contributed by atoms with E-state index >= 15 is 0 Å². The molecule has 2 rings (SSSR count). The lowest BCUT2D eigenvalue weighted by Crippen LogP contribution is -2.42. The largest absolute Gasteiger partial charge is 0.372 e. The van der Waals surface area contributed by atoms with Crippen molar-refractivity contribution in [2.24, 2.45) is 0 Å². The van der Waals surface area contributed by atoms with E-state index in [4.69, 9.17) is 11.2 Å². The summed E-state index contributed by atoms with van der Waals surface area (Å²) in [5.41, 5.74) is 0. The number of morpholine rings is 1. The molecule has 2 unspecified atom stereocenters. The summed E-state index contributed by atoms with van der Waals surface area (Å²) in [5.74, 6) is 2.69. The molecule has 2 aliphatic rings. The minimum Gasteiger partial charge on any atom is -0.372 e. The van der Waals surface area contributed by atoms with E-state index in [0.717, 1.165) is 32.5 Å². The van der Waals surface area contributed by atoms with Gasteiger partial charge in [0, 0.05) is 19.5 Å². The predicted octanol–water partition coefficient (Wildman–Crippen LogP) is 1.26. The van der Waals surface area contributed by atoms with Crippen molar-refractivity contribution in [1.82, 2.24) is 4.90 Å². The summed E-state index contributed by atoms with van der Waals surface area (Å²) in [6.45, 7) is 3.41. The molecule has 0 spiro atoms. The molecule has 0 radical (unpaired) electrons. The number of fused-ring (bicyclic) bond motifs is 2. The molecule has 0 N–H and O–H groups in total. The molecule has 2 nitrogen and oxygen atoms in total. The first kappa shape index (κ1) is 9.05. The van der Waals surface area contributed by atoms with Crippen molar-refractivity contribution in [3.8, 4) is 12.3 Å². The third-order valence-electron chi connectivity index (χ3n) is 2.91. The minimum absolute atomic E-state index is 0.518. The zero-order valence-electron chi connectivity index (χ0n) is 8.04. The number of rotatable bonds is 3. The van der Waals surface area contributed by atoms with Crippen molar-refractivity contribution < 1.29 is 4.74 Å². The maximum absolute atomic E-state index is 5.75. The molecular weight excluding hydrogens is 162 g/mol. The van der Waals surface area contributed by atoms with Crippen LogP contribution in [-0.2, 0) is 4.74 Å². The maximum Gasteiger partial charge on any atom is 0.0707 e. The molecule has 2 aliphatic heterocycles. The summed E-state index contributed by atoms with van der Waals surface area (Å²) in [4.78, 5) is 2.50. The Labute approximate surface area is 80.2 Å². The van der Waals surface area contributed by atoms with Gasteiger partial charge in [-0.2, -0.15) is 0 Å². The molecule has 2 heterocycles. The average molecular weight is 179 g/mol. The van der Waals surface area contributed by atoms with Gasteiger partial charge >= 0.3 is 0 Å². The van der Waals surface area contributed by atoms with Gasteiger partial charge in [0.1, 0.15) is 0 Å². The molecule has 72 valence electrons. The normalized spacial score (nSPS) is 33.2. The van der Waals surface area contributed by atoms with Gasteiger partial charge < -0.3 is 4.74 Å². The van der Waals surface area contributed by atoms with Crippen LogP contribution in [0.4, 0.5) is 0 Å². The summed E-state index contributed by atoms with van der Waals surface area (Å²) >= 11 is 0. The highest BCUT2D eigenvalue weighted by atomic mass is 16.5. The van der Waals surface area contributed by atoms with E-state index in [2.05, 4.69) is 10.8 Å². The average Bonchev–Trinajstić information content (AvgIpc) is 2.46. The summed E-state index contributed by atoms with van der Waals surface area (Å²) in [6.07, 6.45) is 10.8. The molecule has 2 fully saturated rings. The number of unbranched alkanes of at least 4 members (excludes halogenated alkanes) is 1. The Morgan fingerprint density at radius 2 is 2.00 bits per heavy atom. The van der Waals surface area contributed by atoms with Gasteiger partial charge in [-0.15, -0.1) is 12.3 Å². The lowest BCUT2D eigenvalue weighted by Gasteiger charge is -2.31. The van der Waals surface area contributed by atoms with E-state index in [0.29, 0.717) is 12.2 Å². The number of hydrogen-bond donors (Lipinski definition) is 0. The van der Waals surface area contributed by atoms with Gasteiger partial charge in [0.15, 0.2) is 0 Å². The Morgan fingerprint density at radius 3 is 2.62 bits per heavy atom. The summed E-state index contributed by atoms with van der Waals surface area (Å²) in [5, 5.41) is 0. The maximum atomic E-state index is 5.75. The fourth-order valence-corrected chi connectivity index (χ4v) is 2.29. The van der Waals surface area contributed by atoms with Gasteiger partial charge in [-0.25, -0.2) is 0 Å². The molecule has 0 aliphatic carbocycles. The van der Waals surface area contributed by atoms with Gasteiger partial charge in [-0.3, -0.25) is 4.90 Å². The first-order chi connectivity index (χ1) is 6.38. The van der Waals surface area contributed by atoms with E-state index < -0.39 is 0 Å². The second-order valence-electron chi connectivity index (χ2n) is 4.02. The van der Waals surface area contributed by atoms with Crippen molar-refractivity contribution >= 4 is 0 Å². The first-order valence-electron chi connectivity index (χ1n) is 5.20. The van der Waals surface area contributed by atoms with Gasteiger partial charge in [0.2, 0.25) is 0 Å². The minimum atomic E-state index is 0.518. The van der Waals surface area contributed by atoms with Crippen molar-refractivity contribution in [3.05, 3.63) is 0 Å². The molecule has 2 saturated heterocycles. The van der Waals surface area contributed by atoms with Crippen molar-refractivity contribution in [2.75, 3.05) is 19.6 Å². The number of terminal acetylenes is 1. The fourth-order valence-electron chi connectivity index (χ4n) is 2.29. The van der Waals surface area contributed by atoms with Crippen LogP contribution in [-0.4, -0.2) is 36.7 Å². The lowest BCUT2D eigenvalue weighted by molar-refractivity contribution is -0.0382. The highest BCUT2D eigenvalue weighted by Gasteiger charge is 2.32. The van der Waals surface area contributed by atoms with Crippen molar-refractivity contribution in [2.45, 2.75) is 37.9 Å². The Morgan fingerprint density at radius 1 is 1.31 bits per heavy atom. The summed E-state index contributed by atoms with van der Waals surface area (Å²) in [7, 11) is 0. The zero-order valence-corrected chi connectivity index (χ0v) is 8.04. The van der Waals surface area contributed by atoms with Gasteiger partial charge in [-0.1, -0.05) is 0 Å². The van der Waals surface area contributed by atoms with Crippen LogP contribution < -0.4 is 0 Å². The van der Waals surface area contributed by atoms with Crippen LogP contribution in [0.5, 0.6) is 0 Å². The molecule has 0 aromatic heterocycles. The van der Waals surface area contributed by atoms with Crippen LogP contribution in [0, 0.1) is 12.3 Å². The Kier molecular flexibility index (Phi) is 2.87. The first-order valence-corrected chi connectivity index (χ1v) is 5.20. The molecule has 2 heteroatoms. The number of ether oxygens (including phenoxy) is 1. The van der Waals surface area contributed by atoms with Crippen LogP contribution in [0.1, 0.15) is 25.7 Å². The number of nitrogens with zero attached hydrogens (tertiary/aromatic N) is 1. The van der Waals surface area contributed by atoms with E-state index in [1.54, 1.807) is 0 Å². The molecule has 0 aromatic rings. The van der Waals surface area contributed by atoms with Crippen LogP contribution >= 0.6 is 0 Å². The topological polar surface area (TPSA) is 12.5 Å². The third-order valence-corrected chi connectivity index (χ3v) is 2.91.